The Bertz CT molecular complexity index is 271. The largest absolute Gasteiger partial charge is 0.334 e. The molecule has 2 heteroatoms. The second-order valence-electron chi connectivity index (χ2n) is 2.63. The van der Waals surface area contributed by atoms with Gasteiger partial charge in [-0.15, -0.1) is 0 Å². The minimum atomic E-state index is 1.13. The summed E-state index contributed by atoms with van der Waals surface area (Å²) in [5.41, 5.74) is 1.40. The van der Waals surface area contributed by atoms with Crippen LogP contribution in [-0.2, 0) is 7.05 Å². The SMILES string of the molecule is Cn1ccnc1C1=CCC1. The van der Waals surface area contributed by atoms with Gasteiger partial charge in [-0.2, -0.15) is 0 Å². The molecule has 0 amide bonds. The molecule has 0 bridgehead atoms. The summed E-state index contributed by atoms with van der Waals surface area (Å²) >= 11 is 0. The van der Waals surface area contributed by atoms with Crippen molar-refractivity contribution in [1.29, 1.82) is 0 Å². The summed E-state index contributed by atoms with van der Waals surface area (Å²) in [6, 6.07) is 0. The van der Waals surface area contributed by atoms with E-state index in [1.807, 2.05) is 19.4 Å². The Kier molecular flexibility index (Phi) is 1.13. The van der Waals surface area contributed by atoms with Crippen LogP contribution in [0.2, 0.25) is 0 Å². The number of imidazole rings is 1. The fourth-order valence-corrected chi connectivity index (χ4v) is 1.17. The molecule has 0 radical (unpaired) electrons. The molecule has 0 saturated heterocycles. The third-order valence-corrected chi connectivity index (χ3v) is 1.91. The molecule has 1 aliphatic rings. The Morgan fingerprint density at radius 2 is 2.40 bits per heavy atom. The summed E-state index contributed by atoms with van der Waals surface area (Å²) < 4.78 is 2.06. The molecule has 0 unspecified atom stereocenters. The highest BCUT2D eigenvalue weighted by Gasteiger charge is 2.11. The van der Waals surface area contributed by atoms with Gasteiger partial charge in [0.25, 0.3) is 0 Å². The van der Waals surface area contributed by atoms with Gasteiger partial charge in [-0.3, -0.25) is 0 Å². The minimum absolute atomic E-state index is 1.13. The summed E-state index contributed by atoms with van der Waals surface area (Å²) in [4.78, 5) is 4.23. The maximum atomic E-state index is 4.23. The van der Waals surface area contributed by atoms with Gasteiger partial charge in [0.05, 0.1) is 0 Å². The molecule has 1 aromatic heterocycles. The van der Waals surface area contributed by atoms with Crippen molar-refractivity contribution in [3.63, 3.8) is 0 Å². The second-order valence-corrected chi connectivity index (χ2v) is 2.63. The summed E-state index contributed by atoms with van der Waals surface area (Å²) in [6.45, 7) is 0. The normalized spacial score (nSPS) is 16.3. The Labute approximate surface area is 60.2 Å². The fourth-order valence-electron chi connectivity index (χ4n) is 1.17. The van der Waals surface area contributed by atoms with Crippen molar-refractivity contribution >= 4 is 5.57 Å². The number of hydrogen-bond acceptors (Lipinski definition) is 1. The van der Waals surface area contributed by atoms with Crippen molar-refractivity contribution in [3.8, 4) is 0 Å². The predicted molar refractivity (Wildman–Crippen MR) is 40.4 cm³/mol. The smallest absolute Gasteiger partial charge is 0.135 e. The van der Waals surface area contributed by atoms with Crippen molar-refractivity contribution in [1.82, 2.24) is 9.55 Å². The van der Waals surface area contributed by atoms with Gasteiger partial charge >= 0.3 is 0 Å². The molecule has 0 saturated carbocycles. The number of allylic oxidation sites excluding steroid dienone is 2. The number of aromatic nitrogens is 2. The minimum Gasteiger partial charge on any atom is -0.334 e. The van der Waals surface area contributed by atoms with Crippen molar-refractivity contribution in [2.75, 3.05) is 0 Å². The van der Waals surface area contributed by atoms with Crippen LogP contribution in [0.4, 0.5) is 0 Å². The molecule has 0 spiro atoms. The van der Waals surface area contributed by atoms with Crippen molar-refractivity contribution in [3.05, 3.63) is 24.3 Å². The van der Waals surface area contributed by atoms with Crippen LogP contribution in [0, 0.1) is 0 Å². The van der Waals surface area contributed by atoms with Gasteiger partial charge in [0.15, 0.2) is 0 Å². The molecular formula is C8H10N2. The molecule has 0 atom stereocenters. The third-order valence-electron chi connectivity index (χ3n) is 1.91. The first kappa shape index (κ1) is 5.71. The van der Waals surface area contributed by atoms with Gasteiger partial charge in [0.1, 0.15) is 5.82 Å². The van der Waals surface area contributed by atoms with Gasteiger partial charge < -0.3 is 4.57 Å². The van der Waals surface area contributed by atoms with E-state index in [4.69, 9.17) is 0 Å². The molecule has 1 heterocycles. The number of hydrogen-bond donors (Lipinski definition) is 0. The average Bonchev–Trinajstić information content (AvgIpc) is 2.12. The van der Waals surface area contributed by atoms with Crippen molar-refractivity contribution in [2.45, 2.75) is 12.8 Å². The van der Waals surface area contributed by atoms with E-state index in [0.717, 1.165) is 5.82 Å². The zero-order chi connectivity index (χ0) is 6.97. The lowest BCUT2D eigenvalue weighted by molar-refractivity contribution is 0.853. The van der Waals surface area contributed by atoms with Crippen LogP contribution in [0.5, 0.6) is 0 Å². The first-order chi connectivity index (χ1) is 4.88. The quantitative estimate of drug-likeness (QED) is 0.570. The van der Waals surface area contributed by atoms with Gasteiger partial charge in [0, 0.05) is 19.4 Å². The molecule has 10 heavy (non-hydrogen) atoms. The van der Waals surface area contributed by atoms with E-state index in [1.165, 1.54) is 18.4 Å². The summed E-state index contributed by atoms with van der Waals surface area (Å²) in [5.74, 6) is 1.13. The van der Waals surface area contributed by atoms with Crippen LogP contribution in [0.1, 0.15) is 18.7 Å². The van der Waals surface area contributed by atoms with Crippen LogP contribution in [-0.4, -0.2) is 9.55 Å². The van der Waals surface area contributed by atoms with Crippen LogP contribution in [0.25, 0.3) is 5.57 Å². The summed E-state index contributed by atoms with van der Waals surface area (Å²) in [7, 11) is 2.03. The molecule has 0 aromatic carbocycles. The maximum absolute atomic E-state index is 4.23. The molecule has 1 aromatic rings. The van der Waals surface area contributed by atoms with Crippen LogP contribution in [0.15, 0.2) is 18.5 Å². The Morgan fingerprint density at radius 1 is 1.60 bits per heavy atom. The van der Waals surface area contributed by atoms with Gasteiger partial charge in [0.2, 0.25) is 0 Å². The lowest BCUT2D eigenvalue weighted by Gasteiger charge is -2.12. The average molecular weight is 134 g/mol. The first-order valence-corrected chi connectivity index (χ1v) is 3.54. The van der Waals surface area contributed by atoms with Gasteiger partial charge in [-0.25, -0.2) is 4.98 Å². The lowest BCUT2D eigenvalue weighted by atomic mass is 9.98. The first-order valence-electron chi connectivity index (χ1n) is 3.54. The molecule has 2 nitrogen and oxygen atoms in total. The molecule has 0 N–H and O–H groups in total. The standard InChI is InChI=1S/C8H10N2/c1-10-6-5-9-8(10)7-3-2-4-7/h3,5-6H,2,4H2,1H3. The van der Waals surface area contributed by atoms with Crippen molar-refractivity contribution in [2.24, 2.45) is 7.05 Å². The van der Waals surface area contributed by atoms with Gasteiger partial charge in [-0.05, 0) is 18.4 Å². The Morgan fingerprint density at radius 3 is 2.80 bits per heavy atom. The topological polar surface area (TPSA) is 17.8 Å². The highest BCUT2D eigenvalue weighted by atomic mass is 15.0. The zero-order valence-electron chi connectivity index (χ0n) is 6.04. The maximum Gasteiger partial charge on any atom is 0.135 e. The Balaban J connectivity index is 2.41. The molecule has 1 aliphatic carbocycles. The number of aryl methyl sites for hydroxylation is 1. The molecule has 0 aliphatic heterocycles. The van der Waals surface area contributed by atoms with Crippen LogP contribution < -0.4 is 0 Å². The van der Waals surface area contributed by atoms with E-state index < -0.39 is 0 Å². The molecule has 0 fully saturated rings. The van der Waals surface area contributed by atoms with E-state index in [-0.39, 0.29) is 0 Å². The molecular weight excluding hydrogens is 124 g/mol. The predicted octanol–water partition coefficient (Wildman–Crippen LogP) is 1.60. The fraction of sp³-hybridized carbons (Fsp3) is 0.375. The van der Waals surface area contributed by atoms with E-state index in [1.54, 1.807) is 0 Å². The molecule has 2 rings (SSSR count). The van der Waals surface area contributed by atoms with E-state index in [9.17, 15) is 0 Å². The summed E-state index contributed by atoms with van der Waals surface area (Å²) in [5, 5.41) is 0. The summed E-state index contributed by atoms with van der Waals surface area (Å²) in [6.07, 6.45) is 8.48. The van der Waals surface area contributed by atoms with E-state index in [0.29, 0.717) is 0 Å². The monoisotopic (exact) mass is 134 g/mol. The van der Waals surface area contributed by atoms with Crippen LogP contribution in [0.3, 0.4) is 0 Å². The van der Waals surface area contributed by atoms with Gasteiger partial charge in [-0.1, -0.05) is 6.08 Å². The Hall–Kier alpha value is -1.05. The highest BCUT2D eigenvalue weighted by Crippen LogP contribution is 2.26. The lowest BCUT2D eigenvalue weighted by Crippen LogP contribution is -2.00. The highest BCUT2D eigenvalue weighted by molar-refractivity contribution is 5.64. The third kappa shape index (κ3) is 0.685. The molecule has 52 valence electrons. The van der Waals surface area contributed by atoms with Crippen LogP contribution >= 0.6 is 0 Å². The second kappa shape index (κ2) is 1.97. The number of nitrogens with zero attached hydrogens (tertiary/aromatic N) is 2. The van der Waals surface area contributed by atoms with E-state index in [2.05, 4.69) is 15.6 Å². The van der Waals surface area contributed by atoms with Crippen molar-refractivity contribution < 1.29 is 0 Å². The zero-order valence-corrected chi connectivity index (χ0v) is 6.04. The van der Waals surface area contributed by atoms with E-state index >= 15 is 0 Å². The number of rotatable bonds is 1.